The van der Waals surface area contributed by atoms with Gasteiger partial charge in [-0.25, -0.2) is 0 Å². The van der Waals surface area contributed by atoms with E-state index in [4.69, 9.17) is 10.2 Å². The fraction of sp³-hybridized carbons (Fsp3) is 1.00. The molecule has 3 heteroatoms. The van der Waals surface area contributed by atoms with Crippen LogP contribution in [0.2, 0.25) is 0 Å². The standard InChI is InChI=1S/C10H22O3/c1-8(4-3-6-11)10(13)9(2)5-7-12/h8-13H,3-7H2,1-2H3/t8-,9+,10+/m0/s1. The molecule has 0 saturated carbocycles. The topological polar surface area (TPSA) is 60.7 Å². The van der Waals surface area contributed by atoms with E-state index < -0.39 is 0 Å². The van der Waals surface area contributed by atoms with Crippen molar-refractivity contribution in [2.24, 2.45) is 11.8 Å². The molecule has 3 N–H and O–H groups in total. The van der Waals surface area contributed by atoms with Crippen LogP contribution in [0, 0.1) is 11.8 Å². The van der Waals surface area contributed by atoms with Crippen LogP contribution in [0.5, 0.6) is 0 Å². The first-order chi connectivity index (χ1) is 6.13. The summed E-state index contributed by atoms with van der Waals surface area (Å²) in [5.41, 5.74) is 0. The molecule has 0 spiro atoms. The molecule has 0 saturated heterocycles. The molecule has 80 valence electrons. The normalized spacial score (nSPS) is 18.2. The molecule has 0 heterocycles. The lowest BCUT2D eigenvalue weighted by Gasteiger charge is -2.24. The third kappa shape index (κ3) is 5.24. The zero-order valence-electron chi connectivity index (χ0n) is 8.61. The van der Waals surface area contributed by atoms with Crippen LogP contribution in [0.15, 0.2) is 0 Å². The molecule has 0 amide bonds. The molecule has 0 unspecified atom stereocenters. The predicted octanol–water partition coefficient (Wildman–Crippen LogP) is 0.774. The largest absolute Gasteiger partial charge is 0.396 e. The third-order valence-electron chi connectivity index (χ3n) is 2.57. The lowest BCUT2D eigenvalue weighted by atomic mass is 9.88. The highest BCUT2D eigenvalue weighted by Gasteiger charge is 2.19. The maximum absolute atomic E-state index is 9.75. The number of aliphatic hydroxyl groups excluding tert-OH is 3. The van der Waals surface area contributed by atoms with Gasteiger partial charge in [0.25, 0.3) is 0 Å². The summed E-state index contributed by atoms with van der Waals surface area (Å²) < 4.78 is 0. The van der Waals surface area contributed by atoms with Gasteiger partial charge < -0.3 is 15.3 Å². The quantitative estimate of drug-likeness (QED) is 0.556. The summed E-state index contributed by atoms with van der Waals surface area (Å²) in [7, 11) is 0. The Labute approximate surface area is 80.4 Å². The van der Waals surface area contributed by atoms with Crippen molar-refractivity contribution in [3.63, 3.8) is 0 Å². The Bertz CT molecular complexity index is 117. The van der Waals surface area contributed by atoms with Crippen molar-refractivity contribution in [1.29, 1.82) is 0 Å². The fourth-order valence-corrected chi connectivity index (χ4v) is 1.52. The summed E-state index contributed by atoms with van der Waals surface area (Å²) >= 11 is 0. The average molecular weight is 190 g/mol. The second-order valence-electron chi connectivity index (χ2n) is 3.82. The molecular formula is C10H22O3. The molecule has 0 aromatic heterocycles. The van der Waals surface area contributed by atoms with Crippen LogP contribution in [-0.2, 0) is 0 Å². The molecule has 0 aliphatic rings. The van der Waals surface area contributed by atoms with Gasteiger partial charge in [0.05, 0.1) is 6.10 Å². The van der Waals surface area contributed by atoms with Gasteiger partial charge in [0.1, 0.15) is 0 Å². The molecule has 3 atom stereocenters. The first-order valence-corrected chi connectivity index (χ1v) is 5.03. The summed E-state index contributed by atoms with van der Waals surface area (Å²) in [6.07, 6.45) is 1.86. The maximum Gasteiger partial charge on any atom is 0.0592 e. The van der Waals surface area contributed by atoms with Crippen LogP contribution >= 0.6 is 0 Å². The molecule has 0 aromatic rings. The zero-order valence-corrected chi connectivity index (χ0v) is 8.61. The molecule has 0 aliphatic heterocycles. The van der Waals surface area contributed by atoms with E-state index in [1.165, 1.54) is 0 Å². The third-order valence-corrected chi connectivity index (χ3v) is 2.57. The fourth-order valence-electron chi connectivity index (χ4n) is 1.52. The van der Waals surface area contributed by atoms with Crippen molar-refractivity contribution in [2.45, 2.75) is 39.2 Å². The average Bonchev–Trinajstić information content (AvgIpc) is 2.13. The molecule has 0 aliphatic carbocycles. The van der Waals surface area contributed by atoms with Crippen molar-refractivity contribution >= 4 is 0 Å². The van der Waals surface area contributed by atoms with Gasteiger partial charge in [-0.2, -0.15) is 0 Å². The van der Waals surface area contributed by atoms with Crippen LogP contribution in [0.3, 0.4) is 0 Å². The Hall–Kier alpha value is -0.120. The Morgan fingerprint density at radius 3 is 1.92 bits per heavy atom. The number of hydrogen-bond acceptors (Lipinski definition) is 3. The zero-order chi connectivity index (χ0) is 10.3. The van der Waals surface area contributed by atoms with Gasteiger partial charge in [-0.15, -0.1) is 0 Å². The predicted molar refractivity (Wildman–Crippen MR) is 52.4 cm³/mol. The SMILES string of the molecule is C[C@H](CCO)[C@H](O)[C@@H](C)CCCO. The van der Waals surface area contributed by atoms with E-state index in [0.29, 0.717) is 6.42 Å². The van der Waals surface area contributed by atoms with Gasteiger partial charge in [-0.3, -0.25) is 0 Å². The van der Waals surface area contributed by atoms with E-state index in [0.717, 1.165) is 12.8 Å². The monoisotopic (exact) mass is 190 g/mol. The molecule has 0 aromatic carbocycles. The molecule has 0 rings (SSSR count). The molecule has 0 radical (unpaired) electrons. The van der Waals surface area contributed by atoms with Gasteiger partial charge in [0.2, 0.25) is 0 Å². The van der Waals surface area contributed by atoms with Gasteiger partial charge >= 0.3 is 0 Å². The number of hydrogen-bond donors (Lipinski definition) is 3. The lowest BCUT2D eigenvalue weighted by Crippen LogP contribution is -2.26. The van der Waals surface area contributed by atoms with Gasteiger partial charge in [0.15, 0.2) is 0 Å². The second kappa shape index (κ2) is 7.30. The van der Waals surface area contributed by atoms with E-state index in [9.17, 15) is 5.11 Å². The van der Waals surface area contributed by atoms with E-state index in [1.54, 1.807) is 0 Å². The highest BCUT2D eigenvalue weighted by molar-refractivity contribution is 4.70. The lowest BCUT2D eigenvalue weighted by molar-refractivity contribution is 0.0469. The minimum absolute atomic E-state index is 0.130. The number of aliphatic hydroxyl groups is 3. The van der Waals surface area contributed by atoms with Crippen LogP contribution in [0.25, 0.3) is 0 Å². The molecule has 3 nitrogen and oxygen atoms in total. The van der Waals surface area contributed by atoms with E-state index in [2.05, 4.69) is 0 Å². The number of rotatable bonds is 7. The van der Waals surface area contributed by atoms with Gasteiger partial charge in [-0.1, -0.05) is 13.8 Å². The first-order valence-electron chi connectivity index (χ1n) is 5.03. The molecule has 0 fully saturated rings. The van der Waals surface area contributed by atoms with Crippen molar-refractivity contribution < 1.29 is 15.3 Å². The highest BCUT2D eigenvalue weighted by atomic mass is 16.3. The minimum atomic E-state index is -0.362. The van der Waals surface area contributed by atoms with Crippen molar-refractivity contribution in [2.75, 3.05) is 13.2 Å². The Kier molecular flexibility index (Phi) is 7.23. The Balaban J connectivity index is 3.71. The van der Waals surface area contributed by atoms with Crippen LogP contribution in [0.4, 0.5) is 0 Å². The highest BCUT2D eigenvalue weighted by Crippen LogP contribution is 2.19. The molecule has 0 bridgehead atoms. The summed E-state index contributed by atoms with van der Waals surface area (Å²) in [6.45, 7) is 4.24. The van der Waals surface area contributed by atoms with E-state index in [1.807, 2.05) is 13.8 Å². The minimum Gasteiger partial charge on any atom is -0.396 e. The van der Waals surface area contributed by atoms with Crippen LogP contribution in [0.1, 0.15) is 33.1 Å². The molecular weight excluding hydrogens is 168 g/mol. The van der Waals surface area contributed by atoms with Crippen LogP contribution in [-0.4, -0.2) is 34.6 Å². The summed E-state index contributed by atoms with van der Waals surface area (Å²) in [5, 5.41) is 27.1. The summed E-state index contributed by atoms with van der Waals surface area (Å²) in [5.74, 6) is 0.340. The van der Waals surface area contributed by atoms with Gasteiger partial charge in [-0.05, 0) is 31.1 Å². The van der Waals surface area contributed by atoms with E-state index >= 15 is 0 Å². The summed E-state index contributed by atoms with van der Waals surface area (Å²) in [6, 6.07) is 0. The smallest absolute Gasteiger partial charge is 0.0592 e. The Morgan fingerprint density at radius 2 is 1.46 bits per heavy atom. The second-order valence-corrected chi connectivity index (χ2v) is 3.82. The van der Waals surface area contributed by atoms with Crippen molar-refractivity contribution in [3.8, 4) is 0 Å². The van der Waals surface area contributed by atoms with E-state index in [-0.39, 0.29) is 31.2 Å². The van der Waals surface area contributed by atoms with Crippen molar-refractivity contribution in [3.05, 3.63) is 0 Å². The Morgan fingerprint density at radius 1 is 0.923 bits per heavy atom. The molecule has 13 heavy (non-hydrogen) atoms. The van der Waals surface area contributed by atoms with Gasteiger partial charge in [0, 0.05) is 13.2 Å². The maximum atomic E-state index is 9.75. The summed E-state index contributed by atoms with van der Waals surface area (Å²) in [4.78, 5) is 0. The first kappa shape index (κ1) is 12.9. The van der Waals surface area contributed by atoms with Crippen LogP contribution < -0.4 is 0 Å². The van der Waals surface area contributed by atoms with Crippen molar-refractivity contribution in [1.82, 2.24) is 0 Å².